The van der Waals surface area contributed by atoms with Gasteiger partial charge in [-0.15, -0.1) is 0 Å². The molecule has 0 N–H and O–H groups in total. The Labute approximate surface area is 73.9 Å². The van der Waals surface area contributed by atoms with E-state index in [1.807, 2.05) is 0 Å². The van der Waals surface area contributed by atoms with Crippen LogP contribution in [0.15, 0.2) is 16.6 Å². The van der Waals surface area contributed by atoms with E-state index in [2.05, 4.69) is 25.4 Å². The van der Waals surface area contributed by atoms with Crippen LogP contribution in [-0.4, -0.2) is 6.75 Å². The second-order valence-corrected chi connectivity index (χ2v) is 2.83. The van der Waals surface area contributed by atoms with Crippen molar-refractivity contribution in [3.63, 3.8) is 0 Å². The molecule has 0 unspecified atom stereocenters. The zero-order valence-corrected chi connectivity index (χ0v) is 6.81. The van der Waals surface area contributed by atoms with Gasteiger partial charge in [-0.1, -0.05) is 0 Å². The topological polar surface area (TPSA) is 18.5 Å². The fraction of sp³-hybridized carbons (Fsp3) is 0.143. The van der Waals surface area contributed by atoms with E-state index in [1.165, 1.54) is 12.1 Å². The highest BCUT2D eigenvalue weighted by Crippen LogP contribution is 2.37. The van der Waals surface area contributed by atoms with Gasteiger partial charge in [-0.3, -0.25) is 0 Å². The smallest absolute Gasteiger partial charge is 0.231 e. The molecular formula is C7H4BrFO2. The minimum absolute atomic E-state index is 0.0747. The van der Waals surface area contributed by atoms with Crippen LogP contribution in [0.1, 0.15) is 2.74 Å². The molecular weight excluding hydrogens is 215 g/mol. The fourth-order valence-corrected chi connectivity index (χ4v) is 1.11. The van der Waals surface area contributed by atoms with Crippen LogP contribution >= 0.6 is 15.9 Å². The van der Waals surface area contributed by atoms with Crippen molar-refractivity contribution in [2.24, 2.45) is 0 Å². The minimum atomic E-state index is -2.27. The summed E-state index contributed by atoms with van der Waals surface area (Å²) in [5.74, 6) is -0.774. The van der Waals surface area contributed by atoms with E-state index in [0.717, 1.165) is 0 Å². The van der Waals surface area contributed by atoms with E-state index in [1.54, 1.807) is 0 Å². The summed E-state index contributed by atoms with van der Waals surface area (Å²) in [6.45, 7) is -2.27. The van der Waals surface area contributed by atoms with Crippen molar-refractivity contribution in [1.29, 1.82) is 0 Å². The van der Waals surface area contributed by atoms with Crippen LogP contribution in [0.4, 0.5) is 4.39 Å². The maximum Gasteiger partial charge on any atom is 0.231 e. The molecule has 0 saturated carbocycles. The third kappa shape index (κ3) is 0.976. The molecule has 0 amide bonds. The highest BCUT2D eigenvalue weighted by molar-refractivity contribution is 9.10. The molecule has 1 aromatic rings. The van der Waals surface area contributed by atoms with Crippen molar-refractivity contribution in [2.45, 2.75) is 0 Å². The molecule has 0 aliphatic carbocycles. The third-order valence-corrected chi connectivity index (χ3v) is 1.92. The molecule has 1 heterocycles. The van der Waals surface area contributed by atoms with Crippen LogP contribution in [0.5, 0.6) is 11.5 Å². The van der Waals surface area contributed by atoms with Crippen molar-refractivity contribution >= 4 is 15.9 Å². The van der Waals surface area contributed by atoms with Crippen LogP contribution in [0.3, 0.4) is 0 Å². The molecule has 11 heavy (non-hydrogen) atoms. The molecule has 58 valence electrons. The van der Waals surface area contributed by atoms with E-state index < -0.39 is 12.6 Å². The maximum absolute atomic E-state index is 13.2. The third-order valence-electron chi connectivity index (χ3n) is 1.31. The van der Waals surface area contributed by atoms with Crippen LogP contribution in [0.25, 0.3) is 0 Å². The predicted molar refractivity (Wildman–Crippen MR) is 40.2 cm³/mol. The van der Waals surface area contributed by atoms with Gasteiger partial charge in [0.2, 0.25) is 12.5 Å². The Hall–Kier alpha value is -0.770. The first-order valence-corrected chi connectivity index (χ1v) is 3.65. The van der Waals surface area contributed by atoms with E-state index in [9.17, 15) is 4.39 Å². The van der Waals surface area contributed by atoms with Crippen LogP contribution in [-0.2, 0) is 0 Å². The molecule has 1 aliphatic heterocycles. The van der Waals surface area contributed by atoms with Crippen molar-refractivity contribution in [3.05, 3.63) is 22.4 Å². The molecule has 4 heteroatoms. The van der Waals surface area contributed by atoms with Gasteiger partial charge in [0.25, 0.3) is 0 Å². The monoisotopic (exact) mass is 220 g/mol. The SMILES string of the molecule is [2H]C1([2H])Oc2ccc(Br)c(F)c2O1. The van der Waals surface area contributed by atoms with Gasteiger partial charge in [0.15, 0.2) is 11.6 Å². The highest BCUT2D eigenvalue weighted by atomic mass is 79.9. The molecule has 0 bridgehead atoms. The summed E-state index contributed by atoms with van der Waals surface area (Å²) in [5.41, 5.74) is 0. The normalized spacial score (nSPS) is 20.9. The molecule has 1 aromatic carbocycles. The fourth-order valence-electron chi connectivity index (χ4n) is 0.797. The Morgan fingerprint density at radius 3 is 3.18 bits per heavy atom. The van der Waals surface area contributed by atoms with Gasteiger partial charge in [-0.25, -0.2) is 4.39 Å². The summed E-state index contributed by atoms with van der Waals surface area (Å²) in [4.78, 5) is 0. The quantitative estimate of drug-likeness (QED) is 0.669. The van der Waals surface area contributed by atoms with E-state index in [-0.39, 0.29) is 16.0 Å². The summed E-state index contributed by atoms with van der Waals surface area (Å²) in [7, 11) is 0. The summed E-state index contributed by atoms with van der Waals surface area (Å²) in [5, 5.41) is 0. The van der Waals surface area contributed by atoms with E-state index in [4.69, 9.17) is 2.74 Å². The van der Waals surface area contributed by atoms with Gasteiger partial charge >= 0.3 is 0 Å². The van der Waals surface area contributed by atoms with Gasteiger partial charge in [-0.05, 0) is 28.1 Å². The molecule has 1 aliphatic rings. The lowest BCUT2D eigenvalue weighted by molar-refractivity contribution is 0.171. The zero-order chi connectivity index (χ0) is 9.64. The molecule has 0 radical (unpaired) electrons. The maximum atomic E-state index is 13.2. The lowest BCUT2D eigenvalue weighted by Crippen LogP contribution is -1.93. The molecule has 0 aromatic heterocycles. The Bertz CT molecular complexity index is 370. The number of ether oxygens (including phenoxy) is 2. The Morgan fingerprint density at radius 1 is 1.55 bits per heavy atom. The van der Waals surface area contributed by atoms with Crippen molar-refractivity contribution in [1.82, 2.24) is 0 Å². The molecule has 0 spiro atoms. The number of benzene rings is 1. The average Bonchev–Trinajstić information content (AvgIpc) is 2.34. The van der Waals surface area contributed by atoms with Crippen LogP contribution in [0, 0.1) is 5.82 Å². The predicted octanol–water partition coefficient (Wildman–Crippen LogP) is 2.32. The number of hydrogen-bond donors (Lipinski definition) is 0. The van der Waals surface area contributed by atoms with E-state index >= 15 is 0 Å². The van der Waals surface area contributed by atoms with Crippen molar-refractivity contribution in [2.75, 3.05) is 6.75 Å². The van der Waals surface area contributed by atoms with Crippen molar-refractivity contribution < 1.29 is 16.6 Å². The number of rotatable bonds is 0. The molecule has 0 atom stereocenters. The largest absolute Gasteiger partial charge is 0.453 e. The summed E-state index contributed by atoms with van der Waals surface area (Å²) < 4.78 is 36.9. The minimum Gasteiger partial charge on any atom is -0.453 e. The van der Waals surface area contributed by atoms with E-state index in [0.29, 0.717) is 0 Å². The summed E-state index contributed by atoms with van der Waals surface area (Å²) in [6.07, 6.45) is 0. The number of halogens is 2. The molecule has 2 rings (SSSR count). The lowest BCUT2D eigenvalue weighted by atomic mass is 10.3. The standard InChI is InChI=1S/C7H4BrFO2/c8-4-1-2-5-7(6(4)9)11-3-10-5/h1-2H,3H2/i3D2. The van der Waals surface area contributed by atoms with Gasteiger partial charge in [0.05, 0.1) is 4.47 Å². The van der Waals surface area contributed by atoms with Crippen LogP contribution < -0.4 is 9.47 Å². The number of hydrogen-bond acceptors (Lipinski definition) is 2. The Balaban J connectivity index is 2.53. The first-order valence-electron chi connectivity index (χ1n) is 3.86. The average molecular weight is 221 g/mol. The first kappa shape index (κ1) is 4.98. The van der Waals surface area contributed by atoms with Gasteiger partial charge in [-0.2, -0.15) is 0 Å². The Kier molecular flexibility index (Phi) is 1.07. The molecule has 0 saturated heterocycles. The van der Waals surface area contributed by atoms with Gasteiger partial charge in [0, 0.05) is 0 Å². The summed E-state index contributed by atoms with van der Waals surface area (Å²) >= 11 is 2.95. The second kappa shape index (κ2) is 2.37. The molecule has 2 nitrogen and oxygen atoms in total. The van der Waals surface area contributed by atoms with Gasteiger partial charge < -0.3 is 9.47 Å². The number of fused-ring (bicyclic) bond motifs is 1. The van der Waals surface area contributed by atoms with Crippen LogP contribution in [0.2, 0.25) is 0 Å². The lowest BCUT2D eigenvalue weighted by Gasteiger charge is -1.97. The first-order chi connectivity index (χ1) is 5.99. The highest BCUT2D eigenvalue weighted by Gasteiger charge is 2.19. The molecule has 0 fully saturated rings. The zero-order valence-electron chi connectivity index (χ0n) is 7.23. The van der Waals surface area contributed by atoms with Crippen molar-refractivity contribution in [3.8, 4) is 11.5 Å². The second-order valence-electron chi connectivity index (χ2n) is 1.98. The Morgan fingerprint density at radius 2 is 2.36 bits per heavy atom. The van der Waals surface area contributed by atoms with Gasteiger partial charge in [0.1, 0.15) is 2.74 Å². The summed E-state index contributed by atoms with van der Waals surface area (Å²) in [6, 6.07) is 2.87.